The van der Waals surface area contributed by atoms with E-state index in [1.54, 1.807) is 6.07 Å². The van der Waals surface area contributed by atoms with Gasteiger partial charge in [-0.15, -0.1) is 0 Å². The molecule has 5 rings (SSSR count). The maximum Gasteiger partial charge on any atom is 0.416 e. The van der Waals surface area contributed by atoms with E-state index in [0.717, 1.165) is 49.9 Å². The summed E-state index contributed by atoms with van der Waals surface area (Å²) in [7, 11) is 0. The van der Waals surface area contributed by atoms with E-state index >= 15 is 0 Å². The third kappa shape index (κ3) is 5.72. The van der Waals surface area contributed by atoms with Crippen LogP contribution >= 0.6 is 0 Å². The van der Waals surface area contributed by atoms with Crippen molar-refractivity contribution >= 4 is 6.09 Å². The normalized spacial score (nSPS) is 23.1. The molecule has 2 aromatic rings. The second-order valence-corrected chi connectivity index (χ2v) is 11.9. The van der Waals surface area contributed by atoms with Gasteiger partial charge in [0.05, 0.1) is 5.56 Å². The summed E-state index contributed by atoms with van der Waals surface area (Å²) in [4.78, 5) is 17.5. The number of nitrogens with zero attached hydrogens (tertiary/aromatic N) is 2. The third-order valence-corrected chi connectivity index (χ3v) is 7.66. The summed E-state index contributed by atoms with van der Waals surface area (Å²) in [5.41, 5.74) is 1.83. The molecule has 0 spiro atoms. The lowest BCUT2D eigenvalue weighted by Gasteiger charge is -2.35. The van der Waals surface area contributed by atoms with Crippen LogP contribution in [-0.2, 0) is 23.9 Å². The standard InChI is InChI=1S/C29H35F3N2O2/c1-27(2,3)36-26(35)34(25-16-24(25)21-7-5-4-6-8-21)19-28(12-13-28)18-33-14-11-20-9-10-23(29(30,31)32)15-22(20)17-33/h4-10,15,24-25H,11-14,16-19H2,1-3H3/t24?,25-/m0/s1. The topological polar surface area (TPSA) is 32.8 Å². The molecule has 3 aliphatic rings. The second-order valence-electron chi connectivity index (χ2n) is 11.9. The molecule has 1 aliphatic heterocycles. The van der Waals surface area contributed by atoms with Crippen molar-refractivity contribution in [2.24, 2.45) is 5.41 Å². The van der Waals surface area contributed by atoms with Crippen molar-refractivity contribution in [1.29, 1.82) is 0 Å². The minimum absolute atomic E-state index is 0.0279. The van der Waals surface area contributed by atoms with Crippen molar-refractivity contribution in [2.45, 2.75) is 76.7 Å². The minimum atomic E-state index is -4.33. The van der Waals surface area contributed by atoms with Gasteiger partial charge in [-0.3, -0.25) is 4.90 Å². The molecule has 194 valence electrons. The fourth-order valence-electron chi connectivity index (χ4n) is 5.53. The molecule has 0 aromatic heterocycles. The van der Waals surface area contributed by atoms with Crippen molar-refractivity contribution in [3.8, 4) is 0 Å². The number of fused-ring (bicyclic) bond motifs is 1. The first-order valence-corrected chi connectivity index (χ1v) is 12.9. The summed E-state index contributed by atoms with van der Waals surface area (Å²) in [5, 5.41) is 0. The largest absolute Gasteiger partial charge is 0.444 e. The van der Waals surface area contributed by atoms with E-state index in [0.29, 0.717) is 19.0 Å². The van der Waals surface area contributed by atoms with Gasteiger partial charge in [-0.25, -0.2) is 4.79 Å². The Bertz CT molecular complexity index is 1110. The van der Waals surface area contributed by atoms with Crippen LogP contribution in [0.25, 0.3) is 0 Å². The van der Waals surface area contributed by atoms with Gasteiger partial charge in [0.15, 0.2) is 0 Å². The molecule has 36 heavy (non-hydrogen) atoms. The van der Waals surface area contributed by atoms with Crippen molar-refractivity contribution in [1.82, 2.24) is 9.80 Å². The zero-order valence-electron chi connectivity index (χ0n) is 21.3. The van der Waals surface area contributed by atoms with E-state index in [4.69, 9.17) is 4.74 Å². The van der Waals surface area contributed by atoms with E-state index in [1.807, 2.05) is 43.9 Å². The smallest absolute Gasteiger partial charge is 0.416 e. The summed E-state index contributed by atoms with van der Waals surface area (Å²) in [5.74, 6) is 0.317. The van der Waals surface area contributed by atoms with E-state index in [2.05, 4.69) is 17.0 Å². The van der Waals surface area contributed by atoms with Crippen LogP contribution in [0.2, 0.25) is 0 Å². The summed E-state index contributed by atoms with van der Waals surface area (Å²) >= 11 is 0. The van der Waals surface area contributed by atoms with Crippen molar-refractivity contribution in [2.75, 3.05) is 19.6 Å². The second kappa shape index (κ2) is 9.09. The molecule has 4 nitrogen and oxygen atoms in total. The van der Waals surface area contributed by atoms with Crippen LogP contribution < -0.4 is 0 Å². The Morgan fingerprint density at radius 2 is 1.81 bits per heavy atom. The molecular weight excluding hydrogens is 465 g/mol. The highest BCUT2D eigenvalue weighted by molar-refractivity contribution is 5.69. The van der Waals surface area contributed by atoms with Gasteiger partial charge < -0.3 is 9.64 Å². The number of halogens is 3. The molecule has 7 heteroatoms. The number of rotatable bonds is 6. The number of amides is 1. The van der Waals surface area contributed by atoms with Gasteiger partial charge in [-0.2, -0.15) is 13.2 Å². The van der Waals surface area contributed by atoms with E-state index < -0.39 is 17.3 Å². The first kappa shape index (κ1) is 25.1. The van der Waals surface area contributed by atoms with Crippen LogP contribution in [0.3, 0.4) is 0 Å². The number of carbonyl (C=O) groups is 1. The molecule has 2 aromatic carbocycles. The zero-order valence-corrected chi connectivity index (χ0v) is 21.3. The lowest BCUT2D eigenvalue weighted by atomic mass is 9.95. The average molecular weight is 501 g/mol. The summed E-state index contributed by atoms with van der Waals surface area (Å²) < 4.78 is 45.5. The number of hydrogen-bond donors (Lipinski definition) is 0. The molecular formula is C29H35F3N2O2. The predicted molar refractivity (Wildman–Crippen MR) is 133 cm³/mol. The Labute approximate surface area is 211 Å². The minimum Gasteiger partial charge on any atom is -0.444 e. The fourth-order valence-corrected chi connectivity index (χ4v) is 5.53. The Morgan fingerprint density at radius 1 is 1.08 bits per heavy atom. The van der Waals surface area contributed by atoms with Gasteiger partial charge in [0.25, 0.3) is 0 Å². The quantitative estimate of drug-likeness (QED) is 0.446. The van der Waals surface area contributed by atoms with Crippen LogP contribution in [0.1, 0.15) is 68.2 Å². The van der Waals surface area contributed by atoms with Crippen LogP contribution in [-0.4, -0.2) is 47.2 Å². The fraction of sp³-hybridized carbons (Fsp3) is 0.552. The highest BCUT2D eigenvalue weighted by atomic mass is 19.4. The van der Waals surface area contributed by atoms with E-state index in [9.17, 15) is 18.0 Å². The van der Waals surface area contributed by atoms with Crippen molar-refractivity contribution in [3.63, 3.8) is 0 Å². The van der Waals surface area contributed by atoms with Crippen LogP contribution in [0.5, 0.6) is 0 Å². The Morgan fingerprint density at radius 3 is 2.44 bits per heavy atom. The molecule has 2 saturated carbocycles. The molecule has 2 fully saturated rings. The highest BCUT2D eigenvalue weighted by Crippen LogP contribution is 2.52. The maximum absolute atomic E-state index is 13.3. The van der Waals surface area contributed by atoms with Gasteiger partial charge in [0.1, 0.15) is 5.60 Å². The monoisotopic (exact) mass is 500 g/mol. The summed E-state index contributed by atoms with van der Waals surface area (Å²) in [6.45, 7) is 8.41. The third-order valence-electron chi connectivity index (χ3n) is 7.66. The Kier molecular flexibility index (Phi) is 6.34. The molecule has 0 bridgehead atoms. The number of carbonyl (C=O) groups excluding carboxylic acids is 1. The van der Waals surface area contributed by atoms with Gasteiger partial charge >= 0.3 is 12.3 Å². The lowest BCUT2D eigenvalue weighted by Crippen LogP contribution is -2.45. The Balaban J connectivity index is 1.29. The van der Waals surface area contributed by atoms with Crippen molar-refractivity contribution in [3.05, 3.63) is 70.8 Å². The number of benzene rings is 2. The summed E-state index contributed by atoms with van der Waals surface area (Å²) in [6, 6.07) is 14.5. The molecule has 0 saturated heterocycles. The molecule has 1 heterocycles. The first-order valence-electron chi connectivity index (χ1n) is 12.9. The van der Waals surface area contributed by atoms with Crippen molar-refractivity contribution < 1.29 is 22.7 Å². The highest BCUT2D eigenvalue weighted by Gasteiger charge is 2.52. The molecule has 1 amide bonds. The van der Waals surface area contributed by atoms with Crippen LogP contribution in [0.4, 0.5) is 18.0 Å². The van der Waals surface area contributed by atoms with Gasteiger partial charge in [0, 0.05) is 43.6 Å². The van der Waals surface area contributed by atoms with Gasteiger partial charge in [0.2, 0.25) is 0 Å². The van der Waals surface area contributed by atoms with Crippen LogP contribution in [0.15, 0.2) is 48.5 Å². The summed E-state index contributed by atoms with van der Waals surface area (Å²) in [6.07, 6.45) is -0.893. The average Bonchev–Trinajstić information content (AvgIpc) is 3.72. The zero-order chi connectivity index (χ0) is 25.7. The van der Waals surface area contributed by atoms with Gasteiger partial charge in [-0.05, 0) is 75.3 Å². The Hall–Kier alpha value is -2.54. The number of alkyl halides is 3. The number of ether oxygens (including phenoxy) is 1. The lowest BCUT2D eigenvalue weighted by molar-refractivity contribution is -0.137. The first-order chi connectivity index (χ1) is 16.9. The SMILES string of the molecule is CC(C)(C)OC(=O)N(CC1(CN2CCc3ccc(C(F)(F)F)cc3C2)CC1)[C@H]1CC1c1ccccc1. The van der Waals surface area contributed by atoms with E-state index in [-0.39, 0.29) is 17.6 Å². The number of hydrogen-bond acceptors (Lipinski definition) is 3. The molecule has 0 radical (unpaired) electrons. The van der Waals surface area contributed by atoms with Gasteiger partial charge in [-0.1, -0.05) is 36.4 Å². The van der Waals surface area contributed by atoms with E-state index in [1.165, 1.54) is 17.7 Å². The molecule has 0 N–H and O–H groups in total. The maximum atomic E-state index is 13.3. The van der Waals surface area contributed by atoms with Crippen LogP contribution in [0, 0.1) is 5.41 Å². The molecule has 2 aliphatic carbocycles. The molecule has 1 unspecified atom stereocenters. The predicted octanol–water partition coefficient (Wildman–Crippen LogP) is 6.64. The molecule has 2 atom stereocenters.